The lowest BCUT2D eigenvalue weighted by molar-refractivity contribution is -0.113. The number of rotatable bonds is 3. The van der Waals surface area contributed by atoms with Gasteiger partial charge in [-0.25, -0.2) is 0 Å². The van der Waals surface area contributed by atoms with E-state index in [-0.39, 0.29) is 18.1 Å². The third-order valence-corrected chi connectivity index (χ3v) is 5.07. The summed E-state index contributed by atoms with van der Waals surface area (Å²) in [5, 5.41) is 0.741. The van der Waals surface area contributed by atoms with E-state index in [4.69, 9.17) is 14.2 Å². The summed E-state index contributed by atoms with van der Waals surface area (Å²) in [5.41, 5.74) is 0.819. The van der Waals surface area contributed by atoms with Crippen molar-refractivity contribution in [3.8, 4) is 11.5 Å². The fourth-order valence-corrected chi connectivity index (χ4v) is 3.87. The number of carbonyl (C=O) groups excluding carboxylic acids is 1. The summed E-state index contributed by atoms with van der Waals surface area (Å²) in [6.45, 7) is 5.54. The fraction of sp³-hybridized carbons (Fsp3) is 0.444. The van der Waals surface area contributed by atoms with Gasteiger partial charge in [0.1, 0.15) is 11.5 Å². The van der Waals surface area contributed by atoms with E-state index < -0.39 is 0 Å². The molecule has 7 heteroatoms. The van der Waals surface area contributed by atoms with Gasteiger partial charge in [-0.3, -0.25) is 4.79 Å². The van der Waals surface area contributed by atoms with E-state index in [1.54, 1.807) is 20.3 Å². The Morgan fingerprint density at radius 1 is 1.24 bits per heavy atom. The van der Waals surface area contributed by atoms with Gasteiger partial charge in [-0.15, -0.1) is 0 Å². The molecule has 1 amide bonds. The van der Waals surface area contributed by atoms with Crippen molar-refractivity contribution >= 4 is 28.9 Å². The maximum Gasteiger partial charge on any atom is 0.286 e. The summed E-state index contributed by atoms with van der Waals surface area (Å²) in [7, 11) is 3.20. The Bertz CT molecular complexity index is 722. The molecule has 1 aromatic rings. The molecular weight excluding hydrogens is 340 g/mol. The predicted molar refractivity (Wildman–Crippen MR) is 99.1 cm³/mol. The smallest absolute Gasteiger partial charge is 0.286 e. The van der Waals surface area contributed by atoms with Gasteiger partial charge < -0.3 is 19.1 Å². The molecule has 3 rings (SSSR count). The van der Waals surface area contributed by atoms with Crippen molar-refractivity contribution in [2.45, 2.75) is 26.1 Å². The van der Waals surface area contributed by atoms with Crippen molar-refractivity contribution in [1.82, 2.24) is 4.90 Å². The van der Waals surface area contributed by atoms with Crippen LogP contribution in [0.5, 0.6) is 11.5 Å². The average Bonchev–Trinajstić information content (AvgIpc) is 2.95. The maximum absolute atomic E-state index is 12.3. The molecule has 2 aliphatic heterocycles. The molecule has 0 aliphatic carbocycles. The number of thioether (sulfide) groups is 1. The van der Waals surface area contributed by atoms with Gasteiger partial charge in [0.15, 0.2) is 5.17 Å². The standard InChI is InChI=1S/C18H22N2O4S/c1-11-9-20(10-12(2)24-11)18-19-17(21)16(25-18)7-13-5-6-14(22-3)8-15(13)23-4/h5-8,11-12H,9-10H2,1-4H3/b16-7-/t11-,12-/m1/s1. The van der Waals surface area contributed by atoms with E-state index in [0.717, 1.165) is 23.8 Å². The van der Waals surface area contributed by atoms with Crippen LogP contribution in [0.3, 0.4) is 0 Å². The van der Waals surface area contributed by atoms with Crippen LogP contribution in [-0.4, -0.2) is 55.5 Å². The van der Waals surface area contributed by atoms with E-state index in [9.17, 15) is 4.79 Å². The topological polar surface area (TPSA) is 60.4 Å². The van der Waals surface area contributed by atoms with Crippen LogP contribution in [0.25, 0.3) is 6.08 Å². The molecule has 0 N–H and O–H groups in total. The lowest BCUT2D eigenvalue weighted by atomic mass is 10.1. The highest BCUT2D eigenvalue weighted by molar-refractivity contribution is 8.18. The van der Waals surface area contributed by atoms with Crippen LogP contribution in [0.1, 0.15) is 19.4 Å². The van der Waals surface area contributed by atoms with Crippen LogP contribution >= 0.6 is 11.8 Å². The first-order valence-corrected chi connectivity index (χ1v) is 8.96. The molecule has 0 aromatic heterocycles. The van der Waals surface area contributed by atoms with Crippen molar-refractivity contribution < 1.29 is 19.0 Å². The Balaban J connectivity index is 1.79. The Labute approximate surface area is 151 Å². The summed E-state index contributed by atoms with van der Waals surface area (Å²) in [6.07, 6.45) is 2.06. The summed E-state index contributed by atoms with van der Waals surface area (Å²) in [5.74, 6) is 1.14. The molecular formula is C18H22N2O4S. The molecule has 25 heavy (non-hydrogen) atoms. The molecule has 1 aromatic carbocycles. The Morgan fingerprint density at radius 3 is 2.60 bits per heavy atom. The monoisotopic (exact) mass is 362 g/mol. The quantitative estimate of drug-likeness (QED) is 0.771. The largest absolute Gasteiger partial charge is 0.497 e. The number of benzene rings is 1. The first-order valence-electron chi connectivity index (χ1n) is 8.15. The molecule has 0 spiro atoms. The van der Waals surface area contributed by atoms with Gasteiger partial charge in [-0.05, 0) is 43.8 Å². The second-order valence-electron chi connectivity index (χ2n) is 6.08. The second-order valence-corrected chi connectivity index (χ2v) is 7.09. The Morgan fingerprint density at radius 2 is 1.96 bits per heavy atom. The zero-order valence-corrected chi connectivity index (χ0v) is 15.6. The molecule has 2 aliphatic rings. The number of nitrogens with zero attached hydrogens (tertiary/aromatic N) is 2. The van der Waals surface area contributed by atoms with Gasteiger partial charge in [0.05, 0.1) is 31.3 Å². The first-order chi connectivity index (χ1) is 12.0. The number of ether oxygens (including phenoxy) is 3. The fourth-order valence-electron chi connectivity index (χ4n) is 2.95. The molecule has 0 radical (unpaired) electrons. The molecule has 0 saturated carbocycles. The van der Waals surface area contributed by atoms with Gasteiger partial charge in [-0.2, -0.15) is 4.99 Å². The average molecular weight is 362 g/mol. The molecule has 0 unspecified atom stereocenters. The maximum atomic E-state index is 12.3. The lowest BCUT2D eigenvalue weighted by Crippen LogP contribution is -2.47. The molecule has 1 fully saturated rings. The second kappa shape index (κ2) is 7.49. The van der Waals surface area contributed by atoms with Gasteiger partial charge in [-0.1, -0.05) is 0 Å². The minimum absolute atomic E-state index is 0.122. The number of amides is 1. The van der Waals surface area contributed by atoms with Crippen molar-refractivity contribution in [3.63, 3.8) is 0 Å². The predicted octanol–water partition coefficient (Wildman–Crippen LogP) is 2.78. The van der Waals surface area contributed by atoms with Crippen molar-refractivity contribution in [3.05, 3.63) is 28.7 Å². The third kappa shape index (κ3) is 3.99. The molecule has 2 atom stereocenters. The highest BCUT2D eigenvalue weighted by Crippen LogP contribution is 2.34. The zero-order valence-electron chi connectivity index (χ0n) is 14.8. The third-order valence-electron chi connectivity index (χ3n) is 4.03. The number of hydrogen-bond acceptors (Lipinski definition) is 6. The Kier molecular flexibility index (Phi) is 5.34. The highest BCUT2D eigenvalue weighted by Gasteiger charge is 2.31. The molecule has 1 saturated heterocycles. The van der Waals surface area contributed by atoms with Gasteiger partial charge in [0.25, 0.3) is 5.91 Å². The first kappa shape index (κ1) is 17.8. The van der Waals surface area contributed by atoms with Crippen LogP contribution in [0, 0.1) is 0 Å². The van der Waals surface area contributed by atoms with Crippen molar-refractivity contribution in [2.24, 2.45) is 4.99 Å². The zero-order chi connectivity index (χ0) is 18.0. The van der Waals surface area contributed by atoms with Crippen LogP contribution in [0.4, 0.5) is 0 Å². The minimum atomic E-state index is -0.218. The van der Waals surface area contributed by atoms with Crippen LogP contribution in [0.15, 0.2) is 28.1 Å². The van der Waals surface area contributed by atoms with E-state index in [0.29, 0.717) is 16.4 Å². The van der Waals surface area contributed by atoms with E-state index in [1.807, 2.05) is 32.1 Å². The van der Waals surface area contributed by atoms with Gasteiger partial charge >= 0.3 is 0 Å². The molecule has 134 valence electrons. The highest BCUT2D eigenvalue weighted by atomic mass is 32.2. The normalized spacial score (nSPS) is 25.3. The summed E-state index contributed by atoms with van der Waals surface area (Å²) >= 11 is 1.40. The van der Waals surface area contributed by atoms with Crippen molar-refractivity contribution in [1.29, 1.82) is 0 Å². The van der Waals surface area contributed by atoms with Crippen LogP contribution < -0.4 is 9.47 Å². The number of morpholine rings is 1. The Hall–Kier alpha value is -1.99. The lowest BCUT2D eigenvalue weighted by Gasteiger charge is -2.35. The number of aliphatic imine (C=N–C) groups is 1. The van der Waals surface area contributed by atoms with Crippen LogP contribution in [-0.2, 0) is 9.53 Å². The van der Waals surface area contributed by atoms with E-state index >= 15 is 0 Å². The number of amidine groups is 1. The van der Waals surface area contributed by atoms with E-state index in [2.05, 4.69) is 9.89 Å². The molecule has 2 heterocycles. The van der Waals surface area contributed by atoms with Gasteiger partial charge in [0, 0.05) is 24.7 Å². The van der Waals surface area contributed by atoms with E-state index in [1.165, 1.54) is 11.8 Å². The molecule has 0 bridgehead atoms. The van der Waals surface area contributed by atoms with Gasteiger partial charge in [0.2, 0.25) is 0 Å². The molecule has 6 nitrogen and oxygen atoms in total. The summed E-state index contributed by atoms with van der Waals surface area (Å²) < 4.78 is 16.3. The minimum Gasteiger partial charge on any atom is -0.497 e. The van der Waals surface area contributed by atoms with Crippen LogP contribution in [0.2, 0.25) is 0 Å². The number of methoxy groups -OCH3 is 2. The number of hydrogen-bond donors (Lipinski definition) is 0. The summed E-state index contributed by atoms with van der Waals surface area (Å²) in [4.78, 5) is 19.2. The number of carbonyl (C=O) groups is 1. The summed E-state index contributed by atoms with van der Waals surface area (Å²) in [6, 6.07) is 5.51. The van der Waals surface area contributed by atoms with Crippen molar-refractivity contribution in [2.75, 3.05) is 27.3 Å². The SMILES string of the molecule is COc1ccc(/C=C2\SC(N3C[C@@H](C)O[C@H](C)C3)=NC2=O)c(OC)c1.